The lowest BCUT2D eigenvalue weighted by Crippen LogP contribution is -2.14. The molecule has 0 fully saturated rings. The Kier molecular flexibility index (Phi) is 5.08. The number of anilines is 1. The van der Waals surface area contributed by atoms with Gasteiger partial charge in [0.05, 0.1) is 0 Å². The fourth-order valence-electron chi connectivity index (χ4n) is 1.59. The normalized spacial score (nSPS) is 11.1. The van der Waals surface area contributed by atoms with E-state index >= 15 is 0 Å². The molecule has 0 radical (unpaired) electrons. The molecule has 0 aliphatic rings. The molecule has 2 aromatic carbocycles. The van der Waals surface area contributed by atoms with Crippen LogP contribution in [0, 0.1) is 7.14 Å². The number of sulfonamides is 1. The standard InChI is InChI=1S/C14H11I2NO2S/c1-2-10-3-6-12(7-4-10)17-20(18,19)14-8-5-11(15)9-13(14)16/h2-9,17H,1H2. The number of halogens is 2. The first-order valence-corrected chi connectivity index (χ1v) is 9.27. The van der Waals surface area contributed by atoms with Gasteiger partial charge in [-0.3, -0.25) is 4.72 Å². The van der Waals surface area contributed by atoms with E-state index in [9.17, 15) is 8.42 Å². The Hall–Kier alpha value is -0.610. The zero-order chi connectivity index (χ0) is 14.8. The highest BCUT2D eigenvalue weighted by Gasteiger charge is 2.17. The monoisotopic (exact) mass is 511 g/mol. The fourth-order valence-corrected chi connectivity index (χ4v) is 5.18. The summed E-state index contributed by atoms with van der Waals surface area (Å²) < 4.78 is 29.0. The van der Waals surface area contributed by atoms with E-state index < -0.39 is 10.0 Å². The molecule has 6 heteroatoms. The van der Waals surface area contributed by atoms with Crippen LogP contribution in [-0.4, -0.2) is 8.42 Å². The molecule has 0 heterocycles. The van der Waals surface area contributed by atoms with Crippen molar-refractivity contribution in [2.24, 2.45) is 0 Å². The molecule has 0 atom stereocenters. The molecule has 0 amide bonds. The van der Waals surface area contributed by atoms with Gasteiger partial charge in [-0.05, 0) is 81.1 Å². The first-order chi connectivity index (χ1) is 9.42. The Morgan fingerprint density at radius 3 is 2.25 bits per heavy atom. The van der Waals surface area contributed by atoms with Gasteiger partial charge in [-0.25, -0.2) is 8.42 Å². The van der Waals surface area contributed by atoms with Crippen LogP contribution in [-0.2, 0) is 10.0 Å². The summed E-state index contributed by atoms with van der Waals surface area (Å²) in [6.07, 6.45) is 1.71. The zero-order valence-electron chi connectivity index (χ0n) is 10.3. The van der Waals surface area contributed by atoms with Crippen molar-refractivity contribution in [3.05, 3.63) is 61.7 Å². The summed E-state index contributed by atoms with van der Waals surface area (Å²) in [6, 6.07) is 12.3. The van der Waals surface area contributed by atoms with E-state index in [1.165, 1.54) is 0 Å². The molecule has 0 unspecified atom stereocenters. The van der Waals surface area contributed by atoms with Crippen molar-refractivity contribution in [2.75, 3.05) is 4.72 Å². The number of nitrogens with one attached hydrogen (secondary N) is 1. The average molecular weight is 511 g/mol. The molecular formula is C14H11I2NO2S. The van der Waals surface area contributed by atoms with E-state index in [2.05, 4.69) is 33.9 Å². The van der Waals surface area contributed by atoms with Gasteiger partial charge in [-0.15, -0.1) is 0 Å². The van der Waals surface area contributed by atoms with Crippen LogP contribution >= 0.6 is 45.2 Å². The topological polar surface area (TPSA) is 46.2 Å². The van der Waals surface area contributed by atoms with Crippen molar-refractivity contribution in [1.29, 1.82) is 0 Å². The maximum absolute atomic E-state index is 12.3. The van der Waals surface area contributed by atoms with E-state index in [1.807, 2.05) is 40.8 Å². The summed E-state index contributed by atoms with van der Waals surface area (Å²) in [7, 11) is -3.57. The Morgan fingerprint density at radius 2 is 1.70 bits per heavy atom. The molecule has 3 nitrogen and oxygen atoms in total. The Bertz CT molecular complexity index is 740. The quantitative estimate of drug-likeness (QED) is 0.622. The van der Waals surface area contributed by atoms with Crippen LogP contribution in [0.5, 0.6) is 0 Å². The van der Waals surface area contributed by atoms with Crippen LogP contribution in [0.3, 0.4) is 0 Å². The molecular weight excluding hydrogens is 500 g/mol. The van der Waals surface area contributed by atoms with Gasteiger partial charge in [0.1, 0.15) is 4.90 Å². The molecule has 0 aliphatic heterocycles. The SMILES string of the molecule is C=Cc1ccc(NS(=O)(=O)c2ccc(I)cc2I)cc1. The van der Waals surface area contributed by atoms with Gasteiger partial charge in [-0.1, -0.05) is 24.8 Å². The molecule has 0 aromatic heterocycles. The van der Waals surface area contributed by atoms with Crippen molar-refractivity contribution in [3.8, 4) is 0 Å². The third-order valence-electron chi connectivity index (χ3n) is 2.58. The summed E-state index contributed by atoms with van der Waals surface area (Å²) in [5, 5.41) is 0. The van der Waals surface area contributed by atoms with E-state index in [4.69, 9.17) is 0 Å². The number of rotatable bonds is 4. The maximum Gasteiger partial charge on any atom is 0.262 e. The van der Waals surface area contributed by atoms with Crippen LogP contribution in [0.25, 0.3) is 6.08 Å². The molecule has 2 aromatic rings. The highest BCUT2D eigenvalue weighted by Crippen LogP contribution is 2.23. The van der Waals surface area contributed by atoms with E-state index in [0.29, 0.717) is 9.26 Å². The predicted octanol–water partition coefficient (Wildman–Crippen LogP) is 4.34. The summed E-state index contributed by atoms with van der Waals surface area (Å²) in [5.41, 5.74) is 1.47. The highest BCUT2D eigenvalue weighted by atomic mass is 127. The number of hydrogen-bond acceptors (Lipinski definition) is 2. The smallest absolute Gasteiger partial charge is 0.262 e. The molecule has 0 saturated heterocycles. The van der Waals surface area contributed by atoms with Crippen LogP contribution in [0.15, 0.2) is 53.9 Å². The van der Waals surface area contributed by atoms with Gasteiger partial charge < -0.3 is 0 Å². The molecule has 104 valence electrons. The van der Waals surface area contributed by atoms with Crippen molar-refractivity contribution in [3.63, 3.8) is 0 Å². The summed E-state index contributed by atoms with van der Waals surface area (Å²) in [5.74, 6) is 0. The fraction of sp³-hybridized carbons (Fsp3) is 0. The van der Waals surface area contributed by atoms with E-state index in [1.54, 1.807) is 30.3 Å². The van der Waals surface area contributed by atoms with E-state index in [0.717, 1.165) is 9.13 Å². The van der Waals surface area contributed by atoms with Crippen molar-refractivity contribution in [2.45, 2.75) is 4.90 Å². The first-order valence-electron chi connectivity index (χ1n) is 5.63. The largest absolute Gasteiger partial charge is 0.280 e. The number of benzene rings is 2. The average Bonchev–Trinajstić information content (AvgIpc) is 2.38. The minimum absolute atomic E-state index is 0.284. The third kappa shape index (κ3) is 3.73. The predicted molar refractivity (Wildman–Crippen MR) is 99.2 cm³/mol. The summed E-state index contributed by atoms with van der Waals surface area (Å²) >= 11 is 4.18. The first kappa shape index (κ1) is 15.8. The lowest BCUT2D eigenvalue weighted by atomic mass is 10.2. The minimum Gasteiger partial charge on any atom is -0.280 e. The summed E-state index contributed by atoms with van der Waals surface area (Å²) in [6.45, 7) is 3.66. The van der Waals surface area contributed by atoms with Crippen LogP contribution in [0.2, 0.25) is 0 Å². The van der Waals surface area contributed by atoms with Crippen molar-refractivity contribution in [1.82, 2.24) is 0 Å². The third-order valence-corrected chi connectivity index (χ3v) is 5.95. The van der Waals surface area contributed by atoms with Gasteiger partial charge >= 0.3 is 0 Å². The van der Waals surface area contributed by atoms with Gasteiger partial charge in [0.25, 0.3) is 10.0 Å². The Labute approximate surface area is 145 Å². The molecule has 0 bridgehead atoms. The molecule has 20 heavy (non-hydrogen) atoms. The van der Waals surface area contributed by atoms with Crippen LogP contribution in [0.4, 0.5) is 5.69 Å². The summed E-state index contributed by atoms with van der Waals surface area (Å²) in [4.78, 5) is 0.284. The van der Waals surface area contributed by atoms with Crippen molar-refractivity contribution < 1.29 is 8.42 Å². The molecule has 1 N–H and O–H groups in total. The minimum atomic E-state index is -3.57. The molecule has 0 aliphatic carbocycles. The zero-order valence-corrected chi connectivity index (χ0v) is 15.4. The lowest BCUT2D eigenvalue weighted by molar-refractivity contribution is 0.600. The van der Waals surface area contributed by atoms with Crippen LogP contribution in [0.1, 0.15) is 5.56 Å². The molecule has 2 rings (SSSR count). The maximum atomic E-state index is 12.3. The van der Waals surface area contributed by atoms with Gasteiger partial charge in [0.15, 0.2) is 0 Å². The highest BCUT2D eigenvalue weighted by molar-refractivity contribution is 14.1. The second-order valence-corrected chi connectivity index (χ2v) is 8.07. The number of hydrogen-bond donors (Lipinski definition) is 1. The second kappa shape index (κ2) is 6.44. The van der Waals surface area contributed by atoms with Gasteiger partial charge in [0, 0.05) is 12.8 Å². The van der Waals surface area contributed by atoms with Crippen molar-refractivity contribution >= 4 is 67.0 Å². The van der Waals surface area contributed by atoms with Gasteiger partial charge in [-0.2, -0.15) is 0 Å². The van der Waals surface area contributed by atoms with Crippen LogP contribution < -0.4 is 4.72 Å². The molecule has 0 saturated carbocycles. The van der Waals surface area contributed by atoms with E-state index in [-0.39, 0.29) is 4.90 Å². The Balaban J connectivity index is 2.32. The molecule has 0 spiro atoms. The second-order valence-electron chi connectivity index (χ2n) is 4.01. The van der Waals surface area contributed by atoms with Gasteiger partial charge in [0.2, 0.25) is 0 Å². The Morgan fingerprint density at radius 1 is 1.05 bits per heavy atom. The lowest BCUT2D eigenvalue weighted by Gasteiger charge is -2.10.